The summed E-state index contributed by atoms with van der Waals surface area (Å²) in [4.78, 5) is 37.1. The molecule has 1 atom stereocenters. The lowest BCUT2D eigenvalue weighted by Gasteiger charge is -2.26. The number of thiazole rings is 1. The van der Waals surface area contributed by atoms with Gasteiger partial charge in [0.2, 0.25) is 11.9 Å². The van der Waals surface area contributed by atoms with Crippen LogP contribution in [0, 0.1) is 5.95 Å². The van der Waals surface area contributed by atoms with E-state index in [2.05, 4.69) is 27.3 Å². The minimum atomic E-state index is -0.549. The fraction of sp³-hybridized carbons (Fsp3) is 0.290. The van der Waals surface area contributed by atoms with Crippen LogP contribution in [0.15, 0.2) is 78.1 Å². The molecule has 2 aliphatic rings. The van der Waals surface area contributed by atoms with Crippen LogP contribution in [0.25, 0.3) is 0 Å². The molecule has 1 N–H and O–H groups in total. The predicted molar refractivity (Wildman–Crippen MR) is 159 cm³/mol. The molecule has 2 amide bonds. The summed E-state index contributed by atoms with van der Waals surface area (Å²) in [5, 5.41) is 5.48. The first kappa shape index (κ1) is 27.6. The first-order chi connectivity index (χ1) is 20.4. The lowest BCUT2D eigenvalue weighted by molar-refractivity contribution is -0.128. The number of benzene rings is 1. The molecule has 6 rings (SSSR count). The van der Waals surface area contributed by atoms with E-state index in [4.69, 9.17) is 9.72 Å². The number of anilines is 2. The lowest BCUT2D eigenvalue weighted by Crippen LogP contribution is -2.33. The smallest absolute Gasteiger partial charge is 0.274 e. The van der Waals surface area contributed by atoms with E-state index in [1.165, 1.54) is 23.6 Å². The van der Waals surface area contributed by atoms with Crippen LogP contribution in [0.5, 0.6) is 5.75 Å². The Hall–Kier alpha value is -4.51. The predicted octanol–water partition coefficient (Wildman–Crippen LogP) is 5.64. The van der Waals surface area contributed by atoms with Crippen molar-refractivity contribution in [1.29, 1.82) is 0 Å². The highest BCUT2D eigenvalue weighted by molar-refractivity contribution is 7.14. The Morgan fingerprint density at radius 3 is 2.79 bits per heavy atom. The van der Waals surface area contributed by atoms with Gasteiger partial charge >= 0.3 is 0 Å². The van der Waals surface area contributed by atoms with Crippen LogP contribution in [-0.4, -0.2) is 50.9 Å². The minimum absolute atomic E-state index is 0.0790. The van der Waals surface area contributed by atoms with Gasteiger partial charge in [-0.15, -0.1) is 11.3 Å². The van der Waals surface area contributed by atoms with Gasteiger partial charge in [-0.25, -0.2) is 9.97 Å². The zero-order valence-corrected chi connectivity index (χ0v) is 24.0. The van der Waals surface area contributed by atoms with Crippen molar-refractivity contribution in [3.8, 4) is 5.75 Å². The maximum absolute atomic E-state index is 13.5. The van der Waals surface area contributed by atoms with Crippen molar-refractivity contribution in [2.75, 3.05) is 29.9 Å². The quantitative estimate of drug-likeness (QED) is 0.269. The largest absolute Gasteiger partial charge is 0.462 e. The number of nitrogens with one attached hydrogen (secondary N) is 1. The number of carbonyl (C=O) groups is 2. The first-order valence-corrected chi connectivity index (χ1v) is 14.8. The number of rotatable bonds is 8. The zero-order valence-electron chi connectivity index (χ0n) is 23.2. The number of aromatic nitrogens is 3. The van der Waals surface area contributed by atoms with Gasteiger partial charge < -0.3 is 19.1 Å². The van der Waals surface area contributed by atoms with Crippen molar-refractivity contribution in [1.82, 2.24) is 19.4 Å². The van der Waals surface area contributed by atoms with E-state index >= 15 is 0 Å². The molecular weight excluding hydrogens is 555 g/mol. The van der Waals surface area contributed by atoms with Gasteiger partial charge in [-0.05, 0) is 73.0 Å². The Kier molecular flexibility index (Phi) is 8.00. The summed E-state index contributed by atoms with van der Waals surface area (Å²) in [6.07, 6.45) is 7.90. The number of halogens is 1. The van der Waals surface area contributed by atoms with Crippen LogP contribution in [-0.2, 0) is 11.3 Å². The summed E-state index contributed by atoms with van der Waals surface area (Å²) in [5.41, 5.74) is 3.21. The average Bonchev–Trinajstić information content (AvgIpc) is 3.75. The van der Waals surface area contributed by atoms with Crippen LogP contribution in [0.4, 0.5) is 15.2 Å². The summed E-state index contributed by atoms with van der Waals surface area (Å²) < 4.78 is 21.4. The Morgan fingerprint density at radius 1 is 1.17 bits per heavy atom. The van der Waals surface area contributed by atoms with Crippen LogP contribution < -0.4 is 15.0 Å². The molecular formula is C31H31FN6O3S. The van der Waals surface area contributed by atoms with Crippen molar-refractivity contribution < 1.29 is 18.7 Å². The standard InChI is InChI=1S/C31H31FN6O3S/c1-21(39)36-16-11-25(12-17-36)41-24-8-6-23(7-9-24)38-15-3-4-27(38)26-20-42-31(34-26)35-30(40)28-5-2-14-37(28)19-22-10-13-33-29(32)18-22/h2,5-11,13-14,18,20,27H,3-4,12,15-17,19H2,1H3,(H,34,35,40). The molecule has 42 heavy (non-hydrogen) atoms. The number of ether oxygens (including phenoxy) is 1. The van der Waals surface area contributed by atoms with Crippen molar-refractivity contribution in [2.24, 2.45) is 0 Å². The van der Waals surface area contributed by atoms with Crippen LogP contribution in [0.2, 0.25) is 0 Å². The van der Waals surface area contributed by atoms with E-state index in [1.807, 2.05) is 23.6 Å². The molecule has 3 aromatic heterocycles. The number of hydrogen-bond acceptors (Lipinski definition) is 7. The highest BCUT2D eigenvalue weighted by atomic mass is 32.1. The SMILES string of the molecule is CC(=O)N1CC=C(Oc2ccc(N3CCCC3c3csc(NC(=O)c4cccn4Cc4ccnc(F)c4)n3)cc2)CC1. The molecule has 0 spiro atoms. The second kappa shape index (κ2) is 12.2. The van der Waals surface area contributed by atoms with E-state index < -0.39 is 5.95 Å². The van der Waals surface area contributed by atoms with Gasteiger partial charge in [-0.3, -0.25) is 14.9 Å². The summed E-state index contributed by atoms with van der Waals surface area (Å²) in [6, 6.07) is 14.8. The molecule has 1 unspecified atom stereocenters. The molecule has 0 radical (unpaired) electrons. The van der Waals surface area contributed by atoms with E-state index in [9.17, 15) is 14.0 Å². The summed E-state index contributed by atoms with van der Waals surface area (Å²) in [6.45, 7) is 4.11. The molecule has 4 aromatic rings. The molecule has 0 saturated carbocycles. The van der Waals surface area contributed by atoms with Crippen LogP contribution in [0.3, 0.4) is 0 Å². The number of hydrogen-bond donors (Lipinski definition) is 1. The van der Waals surface area contributed by atoms with Crippen molar-refractivity contribution in [3.63, 3.8) is 0 Å². The van der Waals surface area contributed by atoms with Gasteiger partial charge in [0.25, 0.3) is 5.91 Å². The van der Waals surface area contributed by atoms with Crippen molar-refractivity contribution >= 4 is 34.0 Å². The fourth-order valence-electron chi connectivity index (χ4n) is 5.42. The Balaban J connectivity index is 1.09. The number of carbonyl (C=O) groups excluding carboxylic acids is 2. The van der Waals surface area contributed by atoms with Crippen molar-refractivity contribution in [2.45, 2.75) is 38.8 Å². The van der Waals surface area contributed by atoms with E-state index in [1.54, 1.807) is 40.8 Å². The summed E-state index contributed by atoms with van der Waals surface area (Å²) in [5.74, 6) is 0.919. The molecule has 0 aliphatic carbocycles. The molecule has 5 heterocycles. The van der Waals surface area contributed by atoms with Crippen molar-refractivity contribution in [3.05, 3.63) is 101 Å². The number of nitrogens with zero attached hydrogens (tertiary/aromatic N) is 5. The van der Waals surface area contributed by atoms with Gasteiger partial charge in [-0.1, -0.05) is 0 Å². The number of pyridine rings is 1. The molecule has 0 bridgehead atoms. The Morgan fingerprint density at radius 2 is 2.02 bits per heavy atom. The summed E-state index contributed by atoms with van der Waals surface area (Å²) >= 11 is 1.41. The molecule has 11 heteroatoms. The molecule has 1 fully saturated rings. The molecule has 216 valence electrons. The second-order valence-corrected chi connectivity index (χ2v) is 11.2. The van der Waals surface area contributed by atoms with E-state index in [0.717, 1.165) is 47.8 Å². The highest BCUT2D eigenvalue weighted by Crippen LogP contribution is 2.38. The second-order valence-electron chi connectivity index (χ2n) is 10.4. The molecule has 1 aromatic carbocycles. The van der Waals surface area contributed by atoms with Gasteiger partial charge in [-0.2, -0.15) is 4.39 Å². The monoisotopic (exact) mass is 586 g/mol. The van der Waals surface area contributed by atoms with Gasteiger partial charge in [0.1, 0.15) is 17.2 Å². The molecule has 1 saturated heterocycles. The maximum atomic E-state index is 13.5. The van der Waals surface area contributed by atoms with E-state index in [-0.39, 0.29) is 17.9 Å². The zero-order chi connectivity index (χ0) is 29.1. The third-order valence-electron chi connectivity index (χ3n) is 7.57. The van der Waals surface area contributed by atoms with Crippen LogP contribution >= 0.6 is 11.3 Å². The first-order valence-electron chi connectivity index (χ1n) is 13.9. The molecule has 9 nitrogen and oxygen atoms in total. The summed E-state index contributed by atoms with van der Waals surface area (Å²) in [7, 11) is 0. The highest BCUT2D eigenvalue weighted by Gasteiger charge is 2.29. The average molecular weight is 587 g/mol. The third kappa shape index (κ3) is 6.20. The third-order valence-corrected chi connectivity index (χ3v) is 8.35. The topological polar surface area (TPSA) is 92.6 Å². The lowest BCUT2D eigenvalue weighted by atomic mass is 10.1. The maximum Gasteiger partial charge on any atom is 0.274 e. The van der Waals surface area contributed by atoms with E-state index in [0.29, 0.717) is 36.9 Å². The molecule has 2 aliphatic heterocycles. The normalized spacial score (nSPS) is 16.8. The fourth-order valence-corrected chi connectivity index (χ4v) is 6.17. The Bertz CT molecular complexity index is 1610. The van der Waals surface area contributed by atoms with Gasteiger partial charge in [0.05, 0.1) is 11.7 Å². The Labute approximate surface area is 247 Å². The minimum Gasteiger partial charge on any atom is -0.462 e. The van der Waals surface area contributed by atoms with Gasteiger partial charge in [0, 0.05) is 63.0 Å². The number of amides is 2. The van der Waals surface area contributed by atoms with Crippen LogP contribution in [0.1, 0.15) is 54.0 Å². The van der Waals surface area contributed by atoms with Gasteiger partial charge in [0.15, 0.2) is 5.13 Å².